The summed E-state index contributed by atoms with van der Waals surface area (Å²) in [5.74, 6) is -2.53. The van der Waals surface area contributed by atoms with Crippen LogP contribution in [0.1, 0.15) is 30.6 Å². The van der Waals surface area contributed by atoms with Gasteiger partial charge in [-0.05, 0) is 74.0 Å². The first kappa shape index (κ1) is 26.6. The van der Waals surface area contributed by atoms with Crippen LogP contribution in [0, 0.1) is 5.82 Å². The molecule has 0 radical (unpaired) electrons. The standard InChI is InChI=1S/C25H27FN2O2S.C2H2O4/c1-16-11-18(24-12-17-5-6-19(26)13-25(17)31-24)8-10-28(16)14-20(29)15-30-23-4-2-3-22-21(23)7-9-27-22;3-1(4)2(5)6/h2-7,9,12-13,16,18,20,27,29H,8,10-11,14-15H2,1H3;(H,3,4)(H,5,6)/t16-,18-,20+;/m1./s1. The molecule has 10 heteroatoms. The third kappa shape index (κ3) is 6.65. The molecule has 5 rings (SSSR count). The van der Waals surface area contributed by atoms with Crippen LogP contribution in [-0.2, 0) is 9.59 Å². The summed E-state index contributed by atoms with van der Waals surface area (Å²) in [5.41, 5.74) is 1.03. The van der Waals surface area contributed by atoms with Crippen LogP contribution in [-0.4, -0.2) is 69.0 Å². The first-order valence-electron chi connectivity index (χ1n) is 12.0. The van der Waals surface area contributed by atoms with Gasteiger partial charge in [0.2, 0.25) is 0 Å². The summed E-state index contributed by atoms with van der Waals surface area (Å²) >= 11 is 1.71. The minimum atomic E-state index is -1.82. The molecule has 3 atom stereocenters. The molecule has 1 saturated heterocycles. The Labute approximate surface area is 216 Å². The molecule has 37 heavy (non-hydrogen) atoms. The Balaban J connectivity index is 0.000000480. The van der Waals surface area contributed by atoms with Crippen LogP contribution < -0.4 is 4.74 Å². The van der Waals surface area contributed by atoms with Crippen molar-refractivity contribution in [1.82, 2.24) is 9.88 Å². The fourth-order valence-corrected chi connectivity index (χ4v) is 5.91. The largest absolute Gasteiger partial charge is 0.490 e. The number of halogens is 1. The van der Waals surface area contributed by atoms with Crippen molar-refractivity contribution in [1.29, 1.82) is 0 Å². The number of aromatic amines is 1. The van der Waals surface area contributed by atoms with Gasteiger partial charge in [0.25, 0.3) is 0 Å². The Morgan fingerprint density at radius 2 is 1.97 bits per heavy atom. The summed E-state index contributed by atoms with van der Waals surface area (Å²) in [6.07, 6.45) is 3.45. The molecule has 1 aliphatic heterocycles. The van der Waals surface area contributed by atoms with E-state index >= 15 is 0 Å². The van der Waals surface area contributed by atoms with Crippen molar-refractivity contribution >= 4 is 44.3 Å². The van der Waals surface area contributed by atoms with Gasteiger partial charge in [0.05, 0.1) is 0 Å². The van der Waals surface area contributed by atoms with Crippen LogP contribution in [0.25, 0.3) is 21.0 Å². The molecule has 2 aromatic heterocycles. The van der Waals surface area contributed by atoms with E-state index in [1.165, 1.54) is 10.9 Å². The number of β-amino-alcohol motifs (C(OH)–C–C–N with tert-alkyl or cyclic N) is 1. The second-order valence-electron chi connectivity index (χ2n) is 9.17. The van der Waals surface area contributed by atoms with Gasteiger partial charge in [-0.1, -0.05) is 12.1 Å². The van der Waals surface area contributed by atoms with Gasteiger partial charge in [-0.25, -0.2) is 14.0 Å². The van der Waals surface area contributed by atoms with Crippen LogP contribution in [0.5, 0.6) is 5.75 Å². The molecule has 1 aliphatic rings. The van der Waals surface area contributed by atoms with Crippen molar-refractivity contribution in [3.8, 4) is 5.75 Å². The molecular weight excluding hydrogens is 499 g/mol. The topological polar surface area (TPSA) is 123 Å². The van der Waals surface area contributed by atoms with Gasteiger partial charge in [0.15, 0.2) is 0 Å². The lowest BCUT2D eigenvalue weighted by Gasteiger charge is -2.38. The predicted molar refractivity (Wildman–Crippen MR) is 140 cm³/mol. The van der Waals surface area contributed by atoms with Crippen LogP contribution >= 0.6 is 11.3 Å². The van der Waals surface area contributed by atoms with Gasteiger partial charge in [-0.3, -0.25) is 4.90 Å². The van der Waals surface area contributed by atoms with Crippen molar-refractivity contribution in [3.05, 3.63) is 65.4 Å². The summed E-state index contributed by atoms with van der Waals surface area (Å²) in [4.78, 5) is 25.1. The van der Waals surface area contributed by atoms with Crippen LogP contribution in [0.15, 0.2) is 54.7 Å². The number of carboxylic acid groups (broad SMARTS) is 2. The molecule has 0 bridgehead atoms. The van der Waals surface area contributed by atoms with E-state index in [0.717, 1.165) is 46.1 Å². The molecule has 1 fully saturated rings. The number of hydrogen-bond donors (Lipinski definition) is 4. The molecule has 4 aromatic rings. The summed E-state index contributed by atoms with van der Waals surface area (Å²) in [6, 6.07) is 15.5. The van der Waals surface area contributed by atoms with E-state index in [1.54, 1.807) is 17.4 Å². The summed E-state index contributed by atoms with van der Waals surface area (Å²) in [7, 11) is 0. The molecule has 0 spiro atoms. The summed E-state index contributed by atoms with van der Waals surface area (Å²) < 4.78 is 20.5. The number of piperidine rings is 1. The number of aromatic nitrogens is 1. The number of carboxylic acids is 2. The molecular formula is C27H29FN2O6S. The lowest BCUT2D eigenvalue weighted by atomic mass is 9.90. The minimum absolute atomic E-state index is 0.173. The van der Waals surface area contributed by atoms with Crippen molar-refractivity contribution < 1.29 is 34.0 Å². The number of aliphatic carboxylic acids is 2. The number of ether oxygens (including phenoxy) is 1. The van der Waals surface area contributed by atoms with E-state index in [0.29, 0.717) is 18.5 Å². The minimum Gasteiger partial charge on any atom is -0.490 e. The number of benzene rings is 2. The van der Waals surface area contributed by atoms with Crippen molar-refractivity contribution in [2.75, 3.05) is 19.7 Å². The number of carbonyl (C=O) groups is 2. The SMILES string of the molecule is C[C@@H]1C[C@H](c2cc3ccc(F)cc3s2)CCN1C[C@H](O)COc1cccc2[nH]ccc12.O=C(O)C(=O)O. The number of H-pyrrole nitrogens is 1. The first-order valence-corrected chi connectivity index (χ1v) is 12.8. The molecule has 0 unspecified atom stereocenters. The number of likely N-dealkylation sites (tertiary alicyclic amines) is 1. The zero-order chi connectivity index (χ0) is 26.5. The normalized spacial score (nSPS) is 18.8. The zero-order valence-corrected chi connectivity index (χ0v) is 21.1. The van der Waals surface area contributed by atoms with Gasteiger partial charge in [-0.2, -0.15) is 0 Å². The quantitative estimate of drug-likeness (QED) is 0.268. The Morgan fingerprint density at radius 1 is 1.19 bits per heavy atom. The van der Waals surface area contributed by atoms with Gasteiger partial charge < -0.3 is 25.0 Å². The Kier molecular flexibility index (Phi) is 8.42. The predicted octanol–water partition coefficient (Wildman–Crippen LogP) is 4.69. The van der Waals surface area contributed by atoms with Crippen LogP contribution in [0.3, 0.4) is 0 Å². The smallest absolute Gasteiger partial charge is 0.414 e. The first-order chi connectivity index (χ1) is 17.7. The highest BCUT2D eigenvalue weighted by Crippen LogP contribution is 2.38. The average molecular weight is 529 g/mol. The molecule has 3 heterocycles. The number of nitrogens with one attached hydrogen (secondary N) is 1. The van der Waals surface area contributed by atoms with Crippen LogP contribution in [0.2, 0.25) is 0 Å². The maximum Gasteiger partial charge on any atom is 0.414 e. The number of fused-ring (bicyclic) bond motifs is 2. The molecule has 8 nitrogen and oxygen atoms in total. The molecule has 0 saturated carbocycles. The summed E-state index contributed by atoms with van der Waals surface area (Å²) in [6.45, 7) is 4.06. The molecule has 0 aliphatic carbocycles. The molecule has 0 amide bonds. The van der Waals surface area contributed by atoms with E-state index in [4.69, 9.17) is 24.5 Å². The Bertz CT molecular complexity index is 1370. The molecule has 4 N–H and O–H groups in total. The zero-order valence-electron chi connectivity index (χ0n) is 20.3. The van der Waals surface area contributed by atoms with E-state index in [-0.39, 0.29) is 12.4 Å². The maximum atomic E-state index is 13.5. The van der Waals surface area contributed by atoms with Gasteiger partial charge in [-0.15, -0.1) is 11.3 Å². The Morgan fingerprint density at radius 3 is 2.70 bits per heavy atom. The van der Waals surface area contributed by atoms with E-state index < -0.39 is 18.0 Å². The monoisotopic (exact) mass is 528 g/mol. The average Bonchev–Trinajstić information content (AvgIpc) is 3.51. The number of rotatable bonds is 6. The highest BCUT2D eigenvalue weighted by molar-refractivity contribution is 7.19. The lowest BCUT2D eigenvalue weighted by Crippen LogP contribution is -2.45. The van der Waals surface area contributed by atoms with Gasteiger partial charge in [0.1, 0.15) is 24.3 Å². The number of nitrogens with zero attached hydrogens (tertiary/aromatic N) is 1. The fraction of sp³-hybridized carbons (Fsp3) is 0.333. The number of aliphatic hydroxyl groups excluding tert-OH is 1. The number of thiophene rings is 1. The second-order valence-corrected chi connectivity index (χ2v) is 10.3. The van der Waals surface area contributed by atoms with Gasteiger partial charge in [0, 0.05) is 39.3 Å². The maximum absolute atomic E-state index is 13.5. The third-order valence-electron chi connectivity index (χ3n) is 6.53. The van der Waals surface area contributed by atoms with E-state index in [1.807, 2.05) is 36.5 Å². The van der Waals surface area contributed by atoms with Crippen molar-refractivity contribution in [3.63, 3.8) is 0 Å². The third-order valence-corrected chi connectivity index (χ3v) is 7.79. The number of aliphatic hydroxyl groups is 1. The Hall–Kier alpha value is -3.47. The lowest BCUT2D eigenvalue weighted by molar-refractivity contribution is -0.159. The second kappa shape index (κ2) is 11.7. The highest BCUT2D eigenvalue weighted by atomic mass is 32.1. The van der Waals surface area contributed by atoms with Crippen LogP contribution in [0.4, 0.5) is 4.39 Å². The van der Waals surface area contributed by atoms with E-state index in [2.05, 4.69) is 22.9 Å². The number of hydrogen-bond acceptors (Lipinski definition) is 6. The van der Waals surface area contributed by atoms with Crippen molar-refractivity contribution in [2.24, 2.45) is 0 Å². The fourth-order valence-electron chi connectivity index (χ4n) is 4.67. The van der Waals surface area contributed by atoms with E-state index in [9.17, 15) is 9.50 Å². The van der Waals surface area contributed by atoms with Crippen molar-refractivity contribution in [2.45, 2.75) is 37.8 Å². The molecule has 196 valence electrons. The highest BCUT2D eigenvalue weighted by Gasteiger charge is 2.29. The summed E-state index contributed by atoms with van der Waals surface area (Å²) in [5, 5.41) is 27.5. The molecule has 2 aromatic carbocycles. The van der Waals surface area contributed by atoms with Gasteiger partial charge >= 0.3 is 11.9 Å².